The summed E-state index contributed by atoms with van der Waals surface area (Å²) in [5.41, 5.74) is 1.52. The van der Waals surface area contributed by atoms with Gasteiger partial charge in [-0.3, -0.25) is 4.79 Å². The first kappa shape index (κ1) is 18.3. The van der Waals surface area contributed by atoms with Crippen LogP contribution in [0.1, 0.15) is 20.8 Å². The Morgan fingerprint density at radius 1 is 1.04 bits per heavy atom. The van der Waals surface area contributed by atoms with E-state index in [1.807, 2.05) is 30.3 Å². The summed E-state index contributed by atoms with van der Waals surface area (Å²) < 4.78 is 4.67. The number of carbonyl (C=O) groups is 2. The van der Waals surface area contributed by atoms with Crippen molar-refractivity contribution in [1.29, 1.82) is 0 Å². The van der Waals surface area contributed by atoms with Crippen molar-refractivity contribution < 1.29 is 14.3 Å². The molecule has 136 valence electrons. The van der Waals surface area contributed by atoms with E-state index in [1.165, 1.54) is 37.7 Å². The minimum absolute atomic E-state index is 0.142. The molecular formula is C19H15ClN4O3. The van der Waals surface area contributed by atoms with Gasteiger partial charge in [0.1, 0.15) is 17.8 Å². The van der Waals surface area contributed by atoms with Crippen LogP contribution in [0.2, 0.25) is 5.02 Å². The van der Waals surface area contributed by atoms with Crippen LogP contribution in [0.5, 0.6) is 0 Å². The molecule has 3 aromatic rings. The van der Waals surface area contributed by atoms with E-state index in [2.05, 4.69) is 25.3 Å². The molecule has 3 rings (SSSR count). The third-order valence-corrected chi connectivity index (χ3v) is 3.91. The molecule has 0 saturated heterocycles. The van der Waals surface area contributed by atoms with Crippen molar-refractivity contribution >= 4 is 40.7 Å². The molecule has 0 fully saturated rings. The number of aromatic nitrogens is 2. The lowest BCUT2D eigenvalue weighted by atomic mass is 10.2. The second-order valence-corrected chi connectivity index (χ2v) is 5.83. The third-order valence-electron chi connectivity index (χ3n) is 3.58. The van der Waals surface area contributed by atoms with Gasteiger partial charge in [0.15, 0.2) is 0 Å². The van der Waals surface area contributed by atoms with Crippen LogP contribution in [-0.4, -0.2) is 29.0 Å². The summed E-state index contributed by atoms with van der Waals surface area (Å²) in [6, 6.07) is 15.4. The fraction of sp³-hybridized carbons (Fsp3) is 0.0526. The molecule has 0 aliphatic carbocycles. The van der Waals surface area contributed by atoms with Gasteiger partial charge < -0.3 is 15.4 Å². The summed E-state index contributed by atoms with van der Waals surface area (Å²) in [7, 11) is 1.28. The van der Waals surface area contributed by atoms with E-state index in [4.69, 9.17) is 11.6 Å². The van der Waals surface area contributed by atoms with Gasteiger partial charge in [-0.15, -0.1) is 0 Å². The minimum Gasteiger partial charge on any atom is -0.465 e. The maximum Gasteiger partial charge on any atom is 0.337 e. The summed E-state index contributed by atoms with van der Waals surface area (Å²) in [4.78, 5) is 32.2. The van der Waals surface area contributed by atoms with Crippen molar-refractivity contribution in [2.45, 2.75) is 0 Å². The molecule has 8 heteroatoms. The molecule has 0 spiro atoms. The Bertz CT molecular complexity index is 980. The highest BCUT2D eigenvalue weighted by Gasteiger charge is 2.14. The topological polar surface area (TPSA) is 93.2 Å². The van der Waals surface area contributed by atoms with Gasteiger partial charge in [0.05, 0.1) is 23.4 Å². The van der Waals surface area contributed by atoms with E-state index >= 15 is 0 Å². The van der Waals surface area contributed by atoms with E-state index in [9.17, 15) is 9.59 Å². The Morgan fingerprint density at radius 3 is 2.56 bits per heavy atom. The maximum absolute atomic E-state index is 12.5. The minimum atomic E-state index is -0.529. The van der Waals surface area contributed by atoms with Crippen LogP contribution in [0.3, 0.4) is 0 Å². The van der Waals surface area contributed by atoms with Crippen molar-refractivity contribution in [2.75, 3.05) is 17.7 Å². The normalized spacial score (nSPS) is 10.1. The second kappa shape index (κ2) is 8.29. The number of anilines is 3. The fourth-order valence-electron chi connectivity index (χ4n) is 2.27. The molecule has 1 amide bonds. The molecule has 1 aromatic heterocycles. The van der Waals surface area contributed by atoms with E-state index in [0.717, 1.165) is 5.69 Å². The van der Waals surface area contributed by atoms with Crippen LogP contribution >= 0.6 is 11.6 Å². The zero-order chi connectivity index (χ0) is 19.2. The van der Waals surface area contributed by atoms with Gasteiger partial charge in [-0.05, 0) is 30.3 Å². The van der Waals surface area contributed by atoms with Crippen molar-refractivity contribution in [3.8, 4) is 0 Å². The molecule has 0 radical (unpaired) electrons. The Morgan fingerprint density at radius 2 is 1.81 bits per heavy atom. The SMILES string of the molecule is COC(=O)c1ccc(Cl)c(NC(=O)c2cc(Nc3ccccc3)ncn2)c1. The summed E-state index contributed by atoms with van der Waals surface area (Å²) in [5.74, 6) is -0.549. The molecule has 2 N–H and O–H groups in total. The van der Waals surface area contributed by atoms with E-state index in [-0.39, 0.29) is 22.0 Å². The number of methoxy groups -OCH3 is 1. The van der Waals surface area contributed by atoms with Gasteiger partial charge in [0.25, 0.3) is 5.91 Å². The second-order valence-electron chi connectivity index (χ2n) is 5.42. The number of para-hydroxylation sites is 1. The molecule has 7 nitrogen and oxygen atoms in total. The summed E-state index contributed by atoms with van der Waals surface area (Å²) in [5, 5.41) is 6.01. The van der Waals surface area contributed by atoms with E-state index in [0.29, 0.717) is 5.82 Å². The lowest BCUT2D eigenvalue weighted by Crippen LogP contribution is -2.15. The molecule has 0 bridgehead atoms. The zero-order valence-electron chi connectivity index (χ0n) is 14.3. The first-order valence-electron chi connectivity index (χ1n) is 7.90. The van der Waals surface area contributed by atoms with Crippen LogP contribution in [-0.2, 0) is 4.74 Å². The lowest BCUT2D eigenvalue weighted by Gasteiger charge is -2.10. The molecular weight excluding hydrogens is 368 g/mol. The molecule has 0 aliphatic rings. The summed E-state index contributed by atoms with van der Waals surface area (Å²) in [6.07, 6.45) is 1.28. The van der Waals surface area contributed by atoms with Gasteiger partial charge in [0, 0.05) is 11.8 Å². The zero-order valence-corrected chi connectivity index (χ0v) is 15.0. The molecule has 27 heavy (non-hydrogen) atoms. The number of halogens is 1. The monoisotopic (exact) mass is 382 g/mol. The Kier molecular flexibility index (Phi) is 5.63. The van der Waals surface area contributed by atoms with Gasteiger partial charge in [0.2, 0.25) is 0 Å². The van der Waals surface area contributed by atoms with Crippen molar-refractivity contribution in [2.24, 2.45) is 0 Å². The third kappa shape index (κ3) is 4.59. The Labute approximate surface area is 160 Å². The first-order valence-corrected chi connectivity index (χ1v) is 8.28. The summed E-state index contributed by atoms with van der Waals surface area (Å²) in [6.45, 7) is 0. The summed E-state index contributed by atoms with van der Waals surface area (Å²) >= 11 is 6.10. The average molecular weight is 383 g/mol. The van der Waals surface area contributed by atoms with Crippen LogP contribution in [0.4, 0.5) is 17.2 Å². The number of amides is 1. The molecule has 0 unspecified atom stereocenters. The fourth-order valence-corrected chi connectivity index (χ4v) is 2.44. The van der Waals surface area contributed by atoms with Crippen LogP contribution in [0.15, 0.2) is 60.9 Å². The van der Waals surface area contributed by atoms with Gasteiger partial charge in [-0.25, -0.2) is 14.8 Å². The van der Waals surface area contributed by atoms with E-state index in [1.54, 1.807) is 0 Å². The number of ether oxygens (including phenoxy) is 1. The molecule has 2 aromatic carbocycles. The molecule has 0 atom stereocenters. The Balaban J connectivity index is 1.79. The molecule has 0 aliphatic heterocycles. The number of hydrogen-bond acceptors (Lipinski definition) is 6. The van der Waals surface area contributed by atoms with Gasteiger partial charge in [-0.1, -0.05) is 29.8 Å². The lowest BCUT2D eigenvalue weighted by molar-refractivity contribution is 0.0600. The molecule has 0 saturated carbocycles. The highest BCUT2D eigenvalue weighted by atomic mass is 35.5. The number of hydrogen-bond donors (Lipinski definition) is 2. The number of carbonyl (C=O) groups excluding carboxylic acids is 2. The number of nitrogens with one attached hydrogen (secondary N) is 2. The van der Waals surface area contributed by atoms with Crippen molar-refractivity contribution in [1.82, 2.24) is 9.97 Å². The predicted molar refractivity (Wildman–Crippen MR) is 103 cm³/mol. The van der Waals surface area contributed by atoms with Crippen LogP contribution < -0.4 is 10.6 Å². The smallest absolute Gasteiger partial charge is 0.337 e. The molecule has 1 heterocycles. The van der Waals surface area contributed by atoms with Crippen molar-refractivity contribution in [3.05, 3.63) is 77.2 Å². The van der Waals surface area contributed by atoms with Crippen molar-refractivity contribution in [3.63, 3.8) is 0 Å². The first-order chi connectivity index (χ1) is 13.1. The van der Waals surface area contributed by atoms with Gasteiger partial charge in [-0.2, -0.15) is 0 Å². The quantitative estimate of drug-likeness (QED) is 0.650. The van der Waals surface area contributed by atoms with Crippen LogP contribution in [0.25, 0.3) is 0 Å². The van der Waals surface area contributed by atoms with Gasteiger partial charge >= 0.3 is 5.97 Å². The predicted octanol–water partition coefficient (Wildman–Crippen LogP) is 3.91. The maximum atomic E-state index is 12.5. The highest BCUT2D eigenvalue weighted by molar-refractivity contribution is 6.34. The number of rotatable bonds is 5. The average Bonchev–Trinajstić information content (AvgIpc) is 2.70. The van der Waals surface area contributed by atoms with E-state index < -0.39 is 11.9 Å². The Hall–Kier alpha value is -3.45. The van der Waals surface area contributed by atoms with Crippen LogP contribution in [0, 0.1) is 0 Å². The highest BCUT2D eigenvalue weighted by Crippen LogP contribution is 2.24. The standard InChI is InChI=1S/C19H15ClN4O3/c1-27-19(26)12-7-8-14(20)15(9-12)24-18(25)16-10-17(22-11-21-16)23-13-5-3-2-4-6-13/h2-11H,1H3,(H,24,25)(H,21,22,23). The largest absolute Gasteiger partial charge is 0.465 e. The number of nitrogens with zero attached hydrogens (tertiary/aromatic N) is 2. The number of esters is 1. The number of benzene rings is 2.